The minimum atomic E-state index is -0.447. The van der Waals surface area contributed by atoms with Gasteiger partial charge >= 0.3 is 5.97 Å². The maximum Gasteiger partial charge on any atom is 0.307 e. The molecule has 0 N–H and O–H groups in total. The average Bonchev–Trinajstić information content (AvgIpc) is 2.22. The van der Waals surface area contributed by atoms with Crippen LogP contribution in [0.25, 0.3) is 0 Å². The van der Waals surface area contributed by atoms with Crippen LogP contribution in [-0.4, -0.2) is 36.5 Å². The van der Waals surface area contributed by atoms with Crippen LogP contribution in [0.2, 0.25) is 0 Å². The lowest BCUT2D eigenvalue weighted by molar-refractivity contribution is -0.145. The van der Waals surface area contributed by atoms with E-state index in [1.165, 1.54) is 0 Å². The molecule has 0 bridgehead atoms. The van der Waals surface area contributed by atoms with Crippen molar-refractivity contribution in [1.29, 1.82) is 0 Å². The van der Waals surface area contributed by atoms with Crippen LogP contribution in [0.3, 0.4) is 0 Å². The van der Waals surface area contributed by atoms with Crippen LogP contribution in [-0.2, 0) is 14.3 Å². The number of ether oxygens (including phenoxy) is 1. The molecule has 0 fully saturated rings. The standard InChI is InChI=1S/C13H23NO3/c1-6-9-14(12(16)13(3,4)5)10-8-11(15)17-7-2/h6H,1,7-10H2,2-5H3. The van der Waals surface area contributed by atoms with Crippen LogP contribution in [0.1, 0.15) is 34.1 Å². The van der Waals surface area contributed by atoms with Crippen molar-refractivity contribution in [2.24, 2.45) is 5.41 Å². The Morgan fingerprint density at radius 3 is 2.35 bits per heavy atom. The maximum atomic E-state index is 12.1. The fraction of sp³-hybridized carbons (Fsp3) is 0.692. The van der Waals surface area contributed by atoms with Gasteiger partial charge in [0.05, 0.1) is 13.0 Å². The molecular weight excluding hydrogens is 218 g/mol. The highest BCUT2D eigenvalue weighted by molar-refractivity contribution is 5.82. The Labute approximate surface area is 104 Å². The van der Waals surface area contributed by atoms with E-state index in [-0.39, 0.29) is 18.3 Å². The van der Waals surface area contributed by atoms with Crippen LogP contribution in [0, 0.1) is 5.41 Å². The van der Waals surface area contributed by atoms with Crippen molar-refractivity contribution in [1.82, 2.24) is 4.90 Å². The van der Waals surface area contributed by atoms with Crippen molar-refractivity contribution < 1.29 is 14.3 Å². The molecular formula is C13H23NO3. The Morgan fingerprint density at radius 2 is 1.94 bits per heavy atom. The summed E-state index contributed by atoms with van der Waals surface area (Å²) in [5.41, 5.74) is -0.447. The monoisotopic (exact) mass is 241 g/mol. The zero-order valence-corrected chi connectivity index (χ0v) is 11.3. The summed E-state index contributed by atoms with van der Waals surface area (Å²) in [5, 5.41) is 0. The summed E-state index contributed by atoms with van der Waals surface area (Å²) >= 11 is 0. The van der Waals surface area contributed by atoms with Gasteiger partial charge in [0.2, 0.25) is 5.91 Å². The summed E-state index contributed by atoms with van der Waals surface area (Å²) in [5.74, 6) is -0.259. The predicted octanol–water partition coefficient (Wildman–Crippen LogP) is 2.00. The lowest BCUT2D eigenvalue weighted by Crippen LogP contribution is -2.40. The van der Waals surface area contributed by atoms with E-state index in [1.54, 1.807) is 17.9 Å². The van der Waals surface area contributed by atoms with E-state index in [9.17, 15) is 9.59 Å². The molecule has 0 radical (unpaired) electrons. The minimum Gasteiger partial charge on any atom is -0.466 e. The Balaban J connectivity index is 4.39. The highest BCUT2D eigenvalue weighted by Crippen LogP contribution is 2.17. The minimum absolute atomic E-state index is 0.0155. The number of amides is 1. The molecule has 17 heavy (non-hydrogen) atoms. The first-order valence-electron chi connectivity index (χ1n) is 5.88. The smallest absolute Gasteiger partial charge is 0.307 e. The van der Waals surface area contributed by atoms with E-state index < -0.39 is 5.41 Å². The highest BCUT2D eigenvalue weighted by atomic mass is 16.5. The Morgan fingerprint density at radius 1 is 1.35 bits per heavy atom. The predicted molar refractivity (Wildman–Crippen MR) is 67.5 cm³/mol. The van der Waals surface area contributed by atoms with Crippen LogP contribution >= 0.6 is 0 Å². The largest absolute Gasteiger partial charge is 0.466 e. The van der Waals surface area contributed by atoms with E-state index in [0.29, 0.717) is 19.7 Å². The molecule has 4 nitrogen and oxygen atoms in total. The van der Waals surface area contributed by atoms with Crippen molar-refractivity contribution in [3.05, 3.63) is 12.7 Å². The number of esters is 1. The molecule has 0 spiro atoms. The first kappa shape index (κ1) is 15.7. The van der Waals surface area contributed by atoms with Gasteiger partial charge in [-0.3, -0.25) is 9.59 Å². The van der Waals surface area contributed by atoms with Gasteiger partial charge in [0.1, 0.15) is 0 Å². The molecule has 98 valence electrons. The summed E-state index contributed by atoms with van der Waals surface area (Å²) in [6, 6.07) is 0. The maximum absolute atomic E-state index is 12.1. The quantitative estimate of drug-likeness (QED) is 0.528. The molecule has 0 saturated carbocycles. The fourth-order valence-corrected chi connectivity index (χ4v) is 1.37. The van der Waals surface area contributed by atoms with Crippen molar-refractivity contribution in [2.75, 3.05) is 19.7 Å². The second-order valence-electron chi connectivity index (χ2n) is 4.84. The molecule has 0 unspecified atom stereocenters. The van der Waals surface area contributed by atoms with E-state index in [1.807, 2.05) is 20.8 Å². The molecule has 0 atom stereocenters. The third-order valence-corrected chi connectivity index (χ3v) is 2.17. The molecule has 0 aromatic carbocycles. The van der Waals surface area contributed by atoms with Gasteiger partial charge in [-0.25, -0.2) is 0 Å². The summed E-state index contributed by atoms with van der Waals surface area (Å²) < 4.78 is 4.83. The summed E-state index contributed by atoms with van der Waals surface area (Å²) in [6.45, 7) is 12.2. The second kappa shape index (κ2) is 7.09. The molecule has 0 aromatic heterocycles. The highest BCUT2D eigenvalue weighted by Gasteiger charge is 2.26. The van der Waals surface area contributed by atoms with Gasteiger partial charge in [-0.05, 0) is 6.92 Å². The number of nitrogens with zero attached hydrogens (tertiary/aromatic N) is 1. The molecule has 4 heteroatoms. The molecule has 0 aliphatic carbocycles. The first-order valence-corrected chi connectivity index (χ1v) is 5.88. The van der Waals surface area contributed by atoms with Gasteiger partial charge in [-0.2, -0.15) is 0 Å². The number of rotatable bonds is 6. The SMILES string of the molecule is C=CCN(CCC(=O)OCC)C(=O)C(C)(C)C. The number of carbonyl (C=O) groups excluding carboxylic acids is 2. The van der Waals surface area contributed by atoms with Gasteiger partial charge in [0, 0.05) is 18.5 Å². The van der Waals surface area contributed by atoms with Crippen LogP contribution in [0.5, 0.6) is 0 Å². The van der Waals surface area contributed by atoms with Gasteiger partial charge in [0.15, 0.2) is 0 Å². The van der Waals surface area contributed by atoms with Crippen LogP contribution in [0.4, 0.5) is 0 Å². The zero-order valence-electron chi connectivity index (χ0n) is 11.3. The summed E-state index contributed by atoms with van der Waals surface area (Å²) in [4.78, 5) is 24.9. The normalized spacial score (nSPS) is 10.8. The fourth-order valence-electron chi connectivity index (χ4n) is 1.37. The van der Waals surface area contributed by atoms with E-state index in [2.05, 4.69) is 6.58 Å². The molecule has 0 saturated heterocycles. The van der Waals surface area contributed by atoms with Crippen molar-refractivity contribution >= 4 is 11.9 Å². The van der Waals surface area contributed by atoms with Crippen molar-refractivity contribution in [2.45, 2.75) is 34.1 Å². The van der Waals surface area contributed by atoms with Crippen LogP contribution < -0.4 is 0 Å². The Bertz CT molecular complexity index is 279. The van der Waals surface area contributed by atoms with Gasteiger partial charge in [-0.1, -0.05) is 26.8 Å². The van der Waals surface area contributed by atoms with E-state index in [4.69, 9.17) is 4.74 Å². The zero-order chi connectivity index (χ0) is 13.5. The topological polar surface area (TPSA) is 46.6 Å². The van der Waals surface area contributed by atoms with Gasteiger partial charge < -0.3 is 9.64 Å². The molecule has 0 aromatic rings. The third-order valence-electron chi connectivity index (χ3n) is 2.17. The molecule has 0 aliphatic rings. The van der Waals surface area contributed by atoms with Crippen molar-refractivity contribution in [3.8, 4) is 0 Å². The van der Waals surface area contributed by atoms with Gasteiger partial charge in [-0.15, -0.1) is 6.58 Å². The summed E-state index contributed by atoms with van der Waals surface area (Å²) in [6.07, 6.45) is 1.89. The Kier molecular flexibility index (Phi) is 6.54. The molecule has 0 heterocycles. The summed E-state index contributed by atoms with van der Waals surface area (Å²) in [7, 11) is 0. The van der Waals surface area contributed by atoms with Crippen molar-refractivity contribution in [3.63, 3.8) is 0 Å². The lowest BCUT2D eigenvalue weighted by atomic mass is 9.94. The third kappa shape index (κ3) is 6.09. The second-order valence-corrected chi connectivity index (χ2v) is 4.84. The molecule has 0 rings (SSSR count). The van der Waals surface area contributed by atoms with E-state index >= 15 is 0 Å². The van der Waals surface area contributed by atoms with Gasteiger partial charge in [0.25, 0.3) is 0 Å². The Hall–Kier alpha value is -1.32. The number of hydrogen-bond acceptors (Lipinski definition) is 3. The number of carbonyl (C=O) groups is 2. The van der Waals surface area contributed by atoms with E-state index in [0.717, 1.165) is 0 Å². The lowest BCUT2D eigenvalue weighted by Gasteiger charge is -2.28. The average molecular weight is 241 g/mol. The molecule has 1 amide bonds. The first-order chi connectivity index (χ1) is 7.82. The number of hydrogen-bond donors (Lipinski definition) is 0. The molecule has 0 aliphatic heterocycles. The van der Waals surface area contributed by atoms with Crippen LogP contribution in [0.15, 0.2) is 12.7 Å².